The first-order chi connectivity index (χ1) is 11.9. The molecule has 6 heteroatoms. The van der Waals surface area contributed by atoms with E-state index in [0.717, 1.165) is 28.0 Å². The maximum absolute atomic E-state index is 11.1. The lowest BCUT2D eigenvalue weighted by atomic mass is 10.1. The molecule has 6 nitrogen and oxygen atoms in total. The monoisotopic (exact) mass is 334 g/mol. The quantitative estimate of drug-likeness (QED) is 0.503. The standard InChI is InChI=1S/C19H18N4O2/c1-11-9-15-10-16(7-8-17(15)25-11)23-19(21)22-12(2)13-3-5-14(6-4-13)18(20)24/h3-10H,2H2,1H3,(H2,20,24)(H3,21,22,23). The van der Waals surface area contributed by atoms with Crippen LogP contribution in [0.4, 0.5) is 5.69 Å². The van der Waals surface area contributed by atoms with E-state index in [4.69, 9.17) is 15.9 Å². The van der Waals surface area contributed by atoms with Crippen molar-refractivity contribution in [2.45, 2.75) is 6.92 Å². The van der Waals surface area contributed by atoms with Gasteiger partial charge in [0.05, 0.1) is 5.70 Å². The first-order valence-corrected chi connectivity index (χ1v) is 7.63. The minimum absolute atomic E-state index is 0.212. The first-order valence-electron chi connectivity index (χ1n) is 7.63. The van der Waals surface area contributed by atoms with Gasteiger partial charge in [0, 0.05) is 16.6 Å². The number of amides is 1. The summed E-state index contributed by atoms with van der Waals surface area (Å²) in [7, 11) is 0. The number of hydrogen-bond acceptors (Lipinski definition) is 3. The van der Waals surface area contributed by atoms with Gasteiger partial charge in [-0.15, -0.1) is 0 Å². The summed E-state index contributed by atoms with van der Waals surface area (Å²) < 4.78 is 5.54. The van der Waals surface area contributed by atoms with Crippen molar-refractivity contribution in [3.63, 3.8) is 0 Å². The minimum Gasteiger partial charge on any atom is -0.461 e. The van der Waals surface area contributed by atoms with Crippen LogP contribution in [0.5, 0.6) is 0 Å². The molecule has 0 spiro atoms. The Kier molecular flexibility index (Phi) is 4.26. The number of rotatable bonds is 4. The Balaban J connectivity index is 1.75. The van der Waals surface area contributed by atoms with Gasteiger partial charge in [0.15, 0.2) is 5.96 Å². The lowest BCUT2D eigenvalue weighted by molar-refractivity contribution is 0.100. The van der Waals surface area contributed by atoms with E-state index >= 15 is 0 Å². The van der Waals surface area contributed by atoms with Gasteiger partial charge in [0.1, 0.15) is 11.3 Å². The van der Waals surface area contributed by atoms with Crippen LogP contribution in [-0.2, 0) is 0 Å². The van der Waals surface area contributed by atoms with E-state index in [-0.39, 0.29) is 5.96 Å². The molecule has 2 aromatic carbocycles. The zero-order chi connectivity index (χ0) is 18.0. The smallest absolute Gasteiger partial charge is 0.248 e. The number of anilines is 1. The van der Waals surface area contributed by atoms with Gasteiger partial charge in [-0.3, -0.25) is 4.79 Å². The Morgan fingerprint density at radius 1 is 1.08 bits per heavy atom. The molecule has 25 heavy (non-hydrogen) atoms. The van der Waals surface area contributed by atoms with E-state index in [2.05, 4.69) is 16.9 Å². The highest BCUT2D eigenvalue weighted by atomic mass is 16.3. The zero-order valence-electron chi connectivity index (χ0n) is 13.7. The molecule has 0 radical (unpaired) electrons. The second-order valence-corrected chi connectivity index (χ2v) is 5.62. The number of nitrogens with two attached hydrogens (primary N) is 2. The molecule has 5 N–H and O–H groups in total. The fourth-order valence-corrected chi connectivity index (χ4v) is 2.47. The summed E-state index contributed by atoms with van der Waals surface area (Å²) in [4.78, 5) is 15.3. The van der Waals surface area contributed by atoms with Crippen LogP contribution in [0.3, 0.4) is 0 Å². The second kappa shape index (κ2) is 6.52. The Morgan fingerprint density at radius 2 is 1.76 bits per heavy atom. The molecule has 0 aliphatic carbocycles. The number of nitrogens with one attached hydrogen (secondary N) is 1. The van der Waals surface area contributed by atoms with Gasteiger partial charge in [-0.05, 0) is 48.9 Å². The Labute approximate surface area is 144 Å². The molecule has 0 atom stereocenters. The third-order valence-corrected chi connectivity index (χ3v) is 3.67. The van der Waals surface area contributed by atoms with Crippen LogP contribution in [-0.4, -0.2) is 11.9 Å². The van der Waals surface area contributed by atoms with Crippen LogP contribution < -0.4 is 16.8 Å². The Hall–Kier alpha value is -3.54. The van der Waals surface area contributed by atoms with Crippen molar-refractivity contribution in [1.82, 2.24) is 0 Å². The Morgan fingerprint density at radius 3 is 2.44 bits per heavy atom. The molecule has 0 saturated heterocycles. The lowest BCUT2D eigenvalue weighted by Crippen LogP contribution is -2.22. The predicted molar refractivity (Wildman–Crippen MR) is 100 cm³/mol. The number of guanidine groups is 1. The first kappa shape index (κ1) is 16.3. The van der Waals surface area contributed by atoms with E-state index in [0.29, 0.717) is 11.3 Å². The van der Waals surface area contributed by atoms with Crippen LogP contribution in [0, 0.1) is 6.92 Å². The number of hydrogen-bond donors (Lipinski definition) is 3. The van der Waals surface area contributed by atoms with Gasteiger partial charge in [0.2, 0.25) is 5.91 Å². The van der Waals surface area contributed by atoms with Crippen molar-refractivity contribution in [3.8, 4) is 0 Å². The molecule has 1 amide bonds. The predicted octanol–water partition coefficient (Wildman–Crippen LogP) is 3.24. The maximum Gasteiger partial charge on any atom is 0.248 e. The van der Waals surface area contributed by atoms with Crippen LogP contribution in [0.2, 0.25) is 0 Å². The molecule has 0 fully saturated rings. The Bertz CT molecular complexity index is 984. The van der Waals surface area contributed by atoms with Crippen molar-refractivity contribution < 1.29 is 9.21 Å². The van der Waals surface area contributed by atoms with Crippen LogP contribution >= 0.6 is 0 Å². The SMILES string of the molecule is C=C(N=C(N)Nc1ccc2oc(C)cc2c1)c1ccc(C(N)=O)cc1. The number of benzene rings is 2. The number of fused-ring (bicyclic) bond motifs is 1. The van der Waals surface area contributed by atoms with Gasteiger partial charge < -0.3 is 21.2 Å². The molecule has 0 saturated carbocycles. The third-order valence-electron chi connectivity index (χ3n) is 3.67. The van der Waals surface area contributed by atoms with Crippen LogP contribution in [0.15, 0.2) is 64.5 Å². The van der Waals surface area contributed by atoms with Gasteiger partial charge >= 0.3 is 0 Å². The molecule has 0 aliphatic heterocycles. The summed E-state index contributed by atoms with van der Waals surface area (Å²) in [6.45, 7) is 5.79. The molecule has 3 aromatic rings. The average Bonchev–Trinajstić information content (AvgIpc) is 2.94. The molecule has 0 unspecified atom stereocenters. The van der Waals surface area contributed by atoms with Gasteiger partial charge in [-0.1, -0.05) is 18.7 Å². The van der Waals surface area contributed by atoms with Crippen molar-refractivity contribution in [3.05, 3.63) is 72.0 Å². The molecule has 1 aromatic heterocycles. The molecule has 126 valence electrons. The second-order valence-electron chi connectivity index (χ2n) is 5.62. The van der Waals surface area contributed by atoms with E-state index in [1.54, 1.807) is 24.3 Å². The fourth-order valence-electron chi connectivity index (χ4n) is 2.47. The van der Waals surface area contributed by atoms with Crippen molar-refractivity contribution in [2.24, 2.45) is 16.5 Å². The molecule has 0 bridgehead atoms. The summed E-state index contributed by atoms with van der Waals surface area (Å²) in [5, 5.41) is 4.01. The summed E-state index contributed by atoms with van der Waals surface area (Å²) in [6, 6.07) is 14.3. The highest BCUT2D eigenvalue weighted by Crippen LogP contribution is 2.22. The van der Waals surface area contributed by atoms with Crippen LogP contribution in [0.1, 0.15) is 21.7 Å². The number of nitrogens with zero attached hydrogens (tertiary/aromatic N) is 1. The number of primary amides is 1. The van der Waals surface area contributed by atoms with E-state index < -0.39 is 5.91 Å². The summed E-state index contributed by atoms with van der Waals surface area (Å²) >= 11 is 0. The van der Waals surface area contributed by atoms with E-state index in [1.165, 1.54) is 0 Å². The largest absolute Gasteiger partial charge is 0.461 e. The average molecular weight is 334 g/mol. The summed E-state index contributed by atoms with van der Waals surface area (Å²) in [5.74, 6) is 0.580. The number of aryl methyl sites for hydroxylation is 1. The molecule has 0 aliphatic rings. The normalized spacial score (nSPS) is 11.5. The number of furan rings is 1. The third kappa shape index (κ3) is 3.69. The topological polar surface area (TPSA) is 107 Å². The number of aliphatic imine (C=N–C) groups is 1. The zero-order valence-corrected chi connectivity index (χ0v) is 13.7. The fraction of sp³-hybridized carbons (Fsp3) is 0.0526. The number of carbonyl (C=O) groups is 1. The van der Waals surface area contributed by atoms with Gasteiger partial charge in [-0.2, -0.15) is 0 Å². The van der Waals surface area contributed by atoms with Gasteiger partial charge in [-0.25, -0.2) is 4.99 Å². The molecule has 3 rings (SSSR count). The van der Waals surface area contributed by atoms with Crippen molar-refractivity contribution in [1.29, 1.82) is 0 Å². The summed E-state index contributed by atoms with van der Waals surface area (Å²) in [6.07, 6.45) is 0. The van der Waals surface area contributed by atoms with Crippen molar-refractivity contribution in [2.75, 3.05) is 5.32 Å². The lowest BCUT2D eigenvalue weighted by Gasteiger charge is -2.07. The molecular weight excluding hydrogens is 316 g/mol. The summed E-state index contributed by atoms with van der Waals surface area (Å²) in [5.41, 5.74) is 14.4. The molecule has 1 heterocycles. The highest BCUT2D eigenvalue weighted by molar-refractivity contribution is 5.97. The van der Waals surface area contributed by atoms with Crippen LogP contribution in [0.25, 0.3) is 16.7 Å². The van der Waals surface area contributed by atoms with E-state index in [9.17, 15) is 4.79 Å². The van der Waals surface area contributed by atoms with Gasteiger partial charge in [0.25, 0.3) is 0 Å². The highest BCUT2D eigenvalue weighted by Gasteiger charge is 2.05. The van der Waals surface area contributed by atoms with E-state index in [1.807, 2.05) is 31.2 Å². The minimum atomic E-state index is -0.480. The van der Waals surface area contributed by atoms with Crippen molar-refractivity contribution >= 4 is 34.2 Å². The number of carbonyl (C=O) groups excluding carboxylic acids is 1. The molecular formula is C19H18N4O2. The maximum atomic E-state index is 11.1.